The van der Waals surface area contributed by atoms with Crippen LogP contribution in [0.3, 0.4) is 0 Å². The third-order valence-corrected chi connectivity index (χ3v) is 5.23. The molecule has 10 nitrogen and oxygen atoms in total. The number of rotatable bonds is 13. The number of halogens is 3. The van der Waals surface area contributed by atoms with E-state index in [0.717, 1.165) is 5.56 Å². The van der Waals surface area contributed by atoms with Gasteiger partial charge < -0.3 is 30.4 Å². The van der Waals surface area contributed by atoms with Gasteiger partial charge >= 0.3 is 5.97 Å². The Hall–Kier alpha value is -4.99. The molecule has 0 aliphatic heterocycles. The van der Waals surface area contributed by atoms with Gasteiger partial charge in [0.2, 0.25) is 17.4 Å². The summed E-state index contributed by atoms with van der Waals surface area (Å²) < 4.78 is 65.9. The SMILES string of the molecule is CCOC(=O)C(CCCN=C(N)N)Oc1c(F)c(F)nc(Oc2cccc(C#N)c2OCc2ccccc2)c1F. The van der Waals surface area contributed by atoms with Gasteiger partial charge in [0, 0.05) is 6.54 Å². The minimum absolute atomic E-state index is 0.0268. The summed E-state index contributed by atoms with van der Waals surface area (Å²) in [5.74, 6) is -8.73. The Bertz CT molecular complexity index is 1400. The van der Waals surface area contributed by atoms with Gasteiger partial charge in [-0.15, -0.1) is 0 Å². The topological polar surface area (TPSA) is 155 Å². The van der Waals surface area contributed by atoms with Gasteiger partial charge in [-0.2, -0.15) is 23.4 Å². The Morgan fingerprint density at radius 3 is 2.50 bits per heavy atom. The minimum Gasteiger partial charge on any atom is -0.484 e. The van der Waals surface area contributed by atoms with Crippen LogP contribution in [0.15, 0.2) is 53.5 Å². The lowest BCUT2D eigenvalue weighted by Crippen LogP contribution is -2.31. The molecule has 40 heavy (non-hydrogen) atoms. The van der Waals surface area contributed by atoms with Crippen molar-refractivity contribution in [2.75, 3.05) is 13.2 Å². The summed E-state index contributed by atoms with van der Waals surface area (Å²) in [5.41, 5.74) is 11.3. The summed E-state index contributed by atoms with van der Waals surface area (Å²) in [7, 11) is 0. The quantitative estimate of drug-likeness (QED) is 0.104. The maximum atomic E-state index is 15.4. The summed E-state index contributed by atoms with van der Waals surface area (Å²) in [6.07, 6.45) is -1.47. The fourth-order valence-electron chi connectivity index (χ4n) is 3.40. The average molecular weight is 558 g/mol. The molecule has 0 saturated carbocycles. The van der Waals surface area contributed by atoms with Crippen LogP contribution in [0.2, 0.25) is 0 Å². The van der Waals surface area contributed by atoms with E-state index in [1.165, 1.54) is 25.1 Å². The van der Waals surface area contributed by atoms with Crippen LogP contribution in [0.25, 0.3) is 0 Å². The summed E-state index contributed by atoms with van der Waals surface area (Å²) in [4.78, 5) is 19.4. The first kappa shape index (κ1) is 29.6. The van der Waals surface area contributed by atoms with Gasteiger partial charge in [-0.25, -0.2) is 4.79 Å². The minimum atomic E-state index is -1.78. The molecule has 0 bridgehead atoms. The number of ether oxygens (including phenoxy) is 4. The highest BCUT2D eigenvalue weighted by Crippen LogP contribution is 2.38. The maximum absolute atomic E-state index is 15.4. The number of hydrogen-bond acceptors (Lipinski definition) is 8. The Labute approximate surface area is 227 Å². The van der Waals surface area contributed by atoms with E-state index in [1.54, 1.807) is 24.3 Å². The van der Waals surface area contributed by atoms with Crippen LogP contribution in [0, 0.1) is 28.9 Å². The van der Waals surface area contributed by atoms with Gasteiger partial charge in [0.15, 0.2) is 23.6 Å². The van der Waals surface area contributed by atoms with Gasteiger partial charge in [-0.3, -0.25) is 4.99 Å². The molecule has 0 fully saturated rings. The van der Waals surface area contributed by atoms with Crippen LogP contribution >= 0.6 is 0 Å². The van der Waals surface area contributed by atoms with Crippen molar-refractivity contribution >= 4 is 11.9 Å². The van der Waals surface area contributed by atoms with Crippen LogP contribution in [-0.2, 0) is 16.1 Å². The van der Waals surface area contributed by atoms with Crippen molar-refractivity contribution in [3.8, 4) is 29.2 Å². The summed E-state index contributed by atoms with van der Waals surface area (Å²) >= 11 is 0. The molecule has 3 aromatic rings. The highest BCUT2D eigenvalue weighted by molar-refractivity contribution is 5.76. The Morgan fingerprint density at radius 1 is 1.07 bits per heavy atom. The normalized spacial score (nSPS) is 11.2. The van der Waals surface area contributed by atoms with Crippen LogP contribution in [0.4, 0.5) is 13.2 Å². The zero-order valence-electron chi connectivity index (χ0n) is 21.4. The van der Waals surface area contributed by atoms with Crippen molar-refractivity contribution in [1.82, 2.24) is 4.98 Å². The molecule has 1 unspecified atom stereocenters. The first-order valence-corrected chi connectivity index (χ1v) is 12.1. The van der Waals surface area contributed by atoms with Crippen LogP contribution in [0.5, 0.6) is 23.1 Å². The lowest BCUT2D eigenvalue weighted by molar-refractivity contribution is -0.152. The van der Waals surface area contributed by atoms with Crippen molar-refractivity contribution in [3.63, 3.8) is 0 Å². The second-order valence-electron chi connectivity index (χ2n) is 8.09. The van der Waals surface area contributed by atoms with E-state index < -0.39 is 41.3 Å². The van der Waals surface area contributed by atoms with Gasteiger partial charge in [-0.05, 0) is 37.5 Å². The Morgan fingerprint density at radius 2 is 1.82 bits per heavy atom. The van der Waals surface area contributed by atoms with Crippen molar-refractivity contribution in [1.29, 1.82) is 5.26 Å². The number of pyridine rings is 1. The van der Waals surface area contributed by atoms with Gasteiger partial charge in [0.25, 0.3) is 11.8 Å². The number of nitriles is 1. The number of carbonyl (C=O) groups excluding carboxylic acids is 1. The molecule has 0 saturated heterocycles. The van der Waals surface area contributed by atoms with Gasteiger partial charge in [0.1, 0.15) is 12.7 Å². The predicted octanol–water partition coefficient (Wildman–Crippen LogP) is 4.11. The Balaban J connectivity index is 1.92. The maximum Gasteiger partial charge on any atom is 0.347 e. The highest BCUT2D eigenvalue weighted by atomic mass is 19.2. The molecule has 0 aliphatic rings. The number of aliphatic imine (C=N–C) groups is 1. The van der Waals surface area contributed by atoms with E-state index in [4.69, 9.17) is 30.4 Å². The first-order valence-electron chi connectivity index (χ1n) is 12.1. The third kappa shape index (κ3) is 7.76. The fourth-order valence-corrected chi connectivity index (χ4v) is 3.40. The van der Waals surface area contributed by atoms with Gasteiger partial charge in [-0.1, -0.05) is 36.4 Å². The van der Waals surface area contributed by atoms with E-state index in [-0.39, 0.29) is 55.6 Å². The zero-order chi connectivity index (χ0) is 29.1. The molecular formula is C27H26F3N5O5. The second-order valence-corrected chi connectivity index (χ2v) is 8.09. The number of carbonyl (C=O) groups is 1. The monoisotopic (exact) mass is 557 g/mol. The number of nitrogens with zero attached hydrogens (tertiary/aromatic N) is 3. The first-order chi connectivity index (χ1) is 19.2. The summed E-state index contributed by atoms with van der Waals surface area (Å²) in [5, 5.41) is 9.53. The smallest absolute Gasteiger partial charge is 0.347 e. The zero-order valence-corrected chi connectivity index (χ0v) is 21.4. The molecule has 210 valence electrons. The van der Waals surface area contributed by atoms with Crippen LogP contribution < -0.4 is 25.7 Å². The lowest BCUT2D eigenvalue weighted by Gasteiger charge is -2.19. The summed E-state index contributed by atoms with van der Waals surface area (Å²) in [6.45, 7) is 1.60. The third-order valence-electron chi connectivity index (χ3n) is 5.23. The molecule has 0 spiro atoms. The molecule has 2 aromatic carbocycles. The number of benzene rings is 2. The standard InChI is InChI=1S/C27H26F3N5O5/c1-2-37-26(36)19(12-7-13-34-27(32)33)39-23-20(28)24(30)35-25(21(23)29)40-18-11-6-10-17(14-31)22(18)38-15-16-8-4-3-5-9-16/h3-6,8-11,19H,2,7,12-13,15H2,1H3,(H4,32,33,34). The molecule has 1 atom stereocenters. The summed E-state index contributed by atoms with van der Waals surface area (Å²) in [6, 6.07) is 15.1. The number of aromatic nitrogens is 1. The molecule has 1 aromatic heterocycles. The molecule has 13 heteroatoms. The molecule has 1 heterocycles. The number of guanidine groups is 1. The molecular weight excluding hydrogens is 531 g/mol. The number of esters is 1. The Kier molecular flexibility index (Phi) is 10.5. The van der Waals surface area contributed by atoms with E-state index in [1.807, 2.05) is 12.1 Å². The number of para-hydroxylation sites is 1. The van der Waals surface area contributed by atoms with Crippen molar-refractivity contribution in [2.24, 2.45) is 16.5 Å². The van der Waals surface area contributed by atoms with Crippen molar-refractivity contribution in [2.45, 2.75) is 32.5 Å². The lowest BCUT2D eigenvalue weighted by atomic mass is 10.2. The van der Waals surface area contributed by atoms with E-state index in [9.17, 15) is 18.8 Å². The van der Waals surface area contributed by atoms with Crippen LogP contribution in [0.1, 0.15) is 30.9 Å². The molecule has 4 N–H and O–H groups in total. The van der Waals surface area contributed by atoms with Crippen molar-refractivity contribution < 1.29 is 36.9 Å². The van der Waals surface area contributed by atoms with E-state index in [2.05, 4.69) is 9.98 Å². The molecule has 0 radical (unpaired) electrons. The number of nitrogens with two attached hydrogens (primary N) is 2. The van der Waals surface area contributed by atoms with Crippen molar-refractivity contribution in [3.05, 3.63) is 77.2 Å². The molecule has 3 rings (SSSR count). The largest absolute Gasteiger partial charge is 0.484 e. The second kappa shape index (κ2) is 14.2. The highest BCUT2D eigenvalue weighted by Gasteiger charge is 2.30. The average Bonchev–Trinajstić information content (AvgIpc) is 2.94. The van der Waals surface area contributed by atoms with E-state index >= 15 is 4.39 Å². The predicted molar refractivity (Wildman–Crippen MR) is 137 cm³/mol. The fraction of sp³-hybridized carbons (Fsp3) is 0.259. The van der Waals surface area contributed by atoms with Crippen LogP contribution in [-0.4, -0.2) is 36.2 Å². The molecule has 0 amide bonds. The van der Waals surface area contributed by atoms with Gasteiger partial charge in [0.05, 0.1) is 12.2 Å². The molecule has 0 aliphatic carbocycles. The van der Waals surface area contributed by atoms with E-state index in [0.29, 0.717) is 0 Å². The number of hydrogen-bond donors (Lipinski definition) is 2.